The first kappa shape index (κ1) is 16.8. The number of hydrogen-bond donors (Lipinski definition) is 3. The van der Waals surface area contributed by atoms with E-state index in [4.69, 9.17) is 16.9 Å². The zero-order valence-corrected chi connectivity index (χ0v) is 12.5. The van der Waals surface area contributed by atoms with E-state index in [1.165, 1.54) is 25.1 Å². The van der Waals surface area contributed by atoms with Crippen LogP contribution in [0.2, 0.25) is 5.02 Å². The average Bonchev–Trinajstić information content (AvgIpc) is 2.38. The molecule has 6 nitrogen and oxygen atoms in total. The van der Waals surface area contributed by atoms with Gasteiger partial charge in [0.2, 0.25) is 0 Å². The Morgan fingerprint density at radius 1 is 1.48 bits per heavy atom. The lowest BCUT2D eigenvalue weighted by Crippen LogP contribution is -2.53. The average molecular weight is 310 g/mol. The van der Waals surface area contributed by atoms with E-state index in [0.29, 0.717) is 11.4 Å². The minimum absolute atomic E-state index is 0.228. The van der Waals surface area contributed by atoms with Gasteiger partial charge >= 0.3 is 12.0 Å². The second-order valence-corrected chi connectivity index (χ2v) is 5.20. The number of benzene rings is 1. The zero-order chi connectivity index (χ0) is 16.0. The lowest BCUT2D eigenvalue weighted by atomic mass is 9.97. The summed E-state index contributed by atoms with van der Waals surface area (Å²) in [6.45, 7) is 3.26. The van der Waals surface area contributed by atoms with Crippen LogP contribution in [0, 0.1) is 11.3 Å². The fourth-order valence-corrected chi connectivity index (χ4v) is 2.02. The van der Waals surface area contributed by atoms with Gasteiger partial charge in [-0.1, -0.05) is 24.9 Å². The molecule has 1 atom stereocenters. The smallest absolute Gasteiger partial charge is 0.329 e. The fourth-order valence-electron chi connectivity index (χ4n) is 1.84. The van der Waals surface area contributed by atoms with Crippen LogP contribution >= 0.6 is 11.6 Å². The molecule has 0 bridgehead atoms. The van der Waals surface area contributed by atoms with Crippen LogP contribution in [-0.2, 0) is 4.79 Å². The molecule has 0 saturated heterocycles. The third-order valence-corrected chi connectivity index (χ3v) is 3.20. The van der Waals surface area contributed by atoms with Crippen LogP contribution in [0.3, 0.4) is 0 Å². The predicted molar refractivity (Wildman–Crippen MR) is 79.3 cm³/mol. The summed E-state index contributed by atoms with van der Waals surface area (Å²) >= 11 is 5.82. The summed E-state index contributed by atoms with van der Waals surface area (Å²) in [6.07, 6.45) is 0.889. The van der Waals surface area contributed by atoms with Crippen LogP contribution in [-0.4, -0.2) is 22.6 Å². The van der Waals surface area contributed by atoms with E-state index in [9.17, 15) is 14.7 Å². The number of carbonyl (C=O) groups is 2. The molecule has 0 aliphatic carbocycles. The molecule has 0 saturated carbocycles. The highest BCUT2D eigenvalue weighted by Gasteiger charge is 2.33. The van der Waals surface area contributed by atoms with Gasteiger partial charge in [0.1, 0.15) is 11.6 Å². The number of nitriles is 1. The maximum Gasteiger partial charge on any atom is 0.329 e. The van der Waals surface area contributed by atoms with Gasteiger partial charge in [-0.3, -0.25) is 0 Å². The van der Waals surface area contributed by atoms with Crippen LogP contribution in [0.4, 0.5) is 10.5 Å². The Kier molecular flexibility index (Phi) is 5.56. The molecule has 1 aromatic rings. The Morgan fingerprint density at radius 3 is 2.67 bits per heavy atom. The SMILES string of the molecule is CCCC(C)(NC(=O)Nc1cc(Cl)ccc1C#N)C(=O)O. The number of aliphatic carboxylic acids is 1. The molecule has 2 amide bonds. The summed E-state index contributed by atoms with van der Waals surface area (Å²) < 4.78 is 0. The molecule has 0 spiro atoms. The number of anilines is 1. The number of carboxylic acids is 1. The first-order valence-corrected chi connectivity index (χ1v) is 6.72. The van der Waals surface area contributed by atoms with Crippen LogP contribution in [0.1, 0.15) is 32.3 Å². The van der Waals surface area contributed by atoms with E-state index in [2.05, 4.69) is 10.6 Å². The first-order valence-electron chi connectivity index (χ1n) is 6.34. The molecule has 0 aromatic heterocycles. The van der Waals surface area contributed by atoms with Crippen molar-refractivity contribution in [2.24, 2.45) is 0 Å². The van der Waals surface area contributed by atoms with Crippen molar-refractivity contribution in [1.29, 1.82) is 5.26 Å². The van der Waals surface area contributed by atoms with Gasteiger partial charge in [0.25, 0.3) is 0 Å². The van der Waals surface area contributed by atoms with Gasteiger partial charge < -0.3 is 15.7 Å². The largest absolute Gasteiger partial charge is 0.480 e. The number of hydrogen-bond acceptors (Lipinski definition) is 3. The molecule has 7 heteroatoms. The van der Waals surface area contributed by atoms with Gasteiger partial charge in [-0.15, -0.1) is 0 Å². The lowest BCUT2D eigenvalue weighted by Gasteiger charge is -2.25. The lowest BCUT2D eigenvalue weighted by molar-refractivity contribution is -0.143. The highest BCUT2D eigenvalue weighted by atomic mass is 35.5. The molecular formula is C14H16ClN3O3. The van der Waals surface area contributed by atoms with E-state index in [1.54, 1.807) is 0 Å². The van der Waals surface area contributed by atoms with Gasteiger partial charge in [-0.2, -0.15) is 5.26 Å². The number of carboxylic acid groups (broad SMARTS) is 1. The zero-order valence-electron chi connectivity index (χ0n) is 11.7. The van der Waals surface area contributed by atoms with Gasteiger partial charge in [0, 0.05) is 5.02 Å². The Bertz CT molecular complexity index is 598. The van der Waals surface area contributed by atoms with E-state index >= 15 is 0 Å². The minimum Gasteiger partial charge on any atom is -0.480 e. The normalized spacial score (nSPS) is 12.9. The third-order valence-electron chi connectivity index (χ3n) is 2.96. The van der Waals surface area contributed by atoms with E-state index < -0.39 is 17.5 Å². The molecule has 1 rings (SSSR count). The Labute approximate surface area is 127 Å². The van der Waals surface area contributed by atoms with Crippen molar-refractivity contribution in [3.8, 4) is 6.07 Å². The predicted octanol–water partition coefficient (Wildman–Crippen LogP) is 2.98. The van der Waals surface area contributed by atoms with Crippen LogP contribution in [0.5, 0.6) is 0 Å². The second-order valence-electron chi connectivity index (χ2n) is 4.77. The molecule has 0 radical (unpaired) electrons. The van der Waals surface area contributed by atoms with Crippen molar-refractivity contribution in [1.82, 2.24) is 5.32 Å². The topological polar surface area (TPSA) is 102 Å². The van der Waals surface area contributed by atoms with Crippen molar-refractivity contribution < 1.29 is 14.7 Å². The summed E-state index contributed by atoms with van der Waals surface area (Å²) in [5, 5.41) is 23.4. The Balaban J connectivity index is 2.89. The molecule has 112 valence electrons. The van der Waals surface area contributed by atoms with Crippen molar-refractivity contribution in [2.45, 2.75) is 32.2 Å². The number of nitrogens with one attached hydrogen (secondary N) is 2. The molecule has 3 N–H and O–H groups in total. The molecule has 21 heavy (non-hydrogen) atoms. The number of nitrogens with zero attached hydrogens (tertiary/aromatic N) is 1. The van der Waals surface area contributed by atoms with Crippen molar-refractivity contribution in [3.63, 3.8) is 0 Å². The summed E-state index contributed by atoms with van der Waals surface area (Å²) in [7, 11) is 0. The quantitative estimate of drug-likeness (QED) is 0.778. The van der Waals surface area contributed by atoms with E-state index in [0.717, 1.165) is 0 Å². The van der Waals surface area contributed by atoms with E-state index in [1.807, 2.05) is 13.0 Å². The van der Waals surface area contributed by atoms with Crippen LogP contribution < -0.4 is 10.6 Å². The number of amides is 2. The first-order chi connectivity index (χ1) is 9.82. The number of rotatable bonds is 5. The molecule has 0 aliphatic heterocycles. The van der Waals surface area contributed by atoms with Crippen molar-refractivity contribution in [3.05, 3.63) is 28.8 Å². The number of urea groups is 1. The van der Waals surface area contributed by atoms with Crippen LogP contribution in [0.15, 0.2) is 18.2 Å². The van der Waals surface area contributed by atoms with Crippen LogP contribution in [0.25, 0.3) is 0 Å². The Hall–Kier alpha value is -2.26. The number of carbonyl (C=O) groups excluding carboxylic acids is 1. The highest BCUT2D eigenvalue weighted by Crippen LogP contribution is 2.21. The molecule has 0 aliphatic rings. The van der Waals surface area contributed by atoms with Crippen molar-refractivity contribution in [2.75, 3.05) is 5.32 Å². The summed E-state index contributed by atoms with van der Waals surface area (Å²) in [4.78, 5) is 23.2. The molecule has 1 aromatic carbocycles. The van der Waals surface area contributed by atoms with Gasteiger partial charge in [-0.25, -0.2) is 9.59 Å². The van der Waals surface area contributed by atoms with Gasteiger partial charge in [-0.05, 0) is 31.5 Å². The third kappa shape index (κ3) is 4.36. The molecule has 0 fully saturated rings. The maximum absolute atomic E-state index is 11.9. The maximum atomic E-state index is 11.9. The monoisotopic (exact) mass is 309 g/mol. The molecule has 1 unspecified atom stereocenters. The Morgan fingerprint density at radius 2 is 2.14 bits per heavy atom. The van der Waals surface area contributed by atoms with Gasteiger partial charge in [0.15, 0.2) is 0 Å². The van der Waals surface area contributed by atoms with Gasteiger partial charge in [0.05, 0.1) is 11.3 Å². The minimum atomic E-state index is -1.37. The molecule has 0 heterocycles. The van der Waals surface area contributed by atoms with Crippen molar-refractivity contribution >= 4 is 29.3 Å². The summed E-state index contributed by atoms with van der Waals surface area (Å²) in [6, 6.07) is 5.65. The highest BCUT2D eigenvalue weighted by molar-refractivity contribution is 6.31. The second kappa shape index (κ2) is 6.95. The fraction of sp³-hybridized carbons (Fsp3) is 0.357. The summed E-state index contributed by atoms with van der Waals surface area (Å²) in [5.74, 6) is -1.12. The standard InChI is InChI=1S/C14H16ClN3O3/c1-3-6-14(2,12(19)20)18-13(21)17-11-7-10(15)5-4-9(11)8-16/h4-5,7H,3,6H2,1-2H3,(H,19,20)(H2,17,18,21). The number of halogens is 1. The molecular weight excluding hydrogens is 294 g/mol. The van der Waals surface area contributed by atoms with E-state index in [-0.39, 0.29) is 17.7 Å². The summed E-state index contributed by atoms with van der Waals surface area (Å²) in [5.41, 5.74) is -0.904.